The number of unbranched alkanes of at least 4 members (excludes halogenated alkanes) is 2. The molecule has 1 saturated carbocycles. The van der Waals surface area contributed by atoms with E-state index in [-0.39, 0.29) is 22.3 Å². The van der Waals surface area contributed by atoms with E-state index in [0.29, 0.717) is 17.8 Å². The first kappa shape index (κ1) is 44.1. The van der Waals surface area contributed by atoms with Crippen LogP contribution in [0.2, 0.25) is 0 Å². The molecule has 1 aliphatic carbocycles. The lowest BCUT2D eigenvalue weighted by Crippen LogP contribution is -2.46. The van der Waals surface area contributed by atoms with Crippen molar-refractivity contribution in [2.45, 2.75) is 133 Å². The fraction of sp³-hybridized carbons (Fsp3) is 0.769. The van der Waals surface area contributed by atoms with Gasteiger partial charge < -0.3 is 24.6 Å². The second kappa shape index (κ2) is 22.5. The molecule has 0 heterocycles. The summed E-state index contributed by atoms with van der Waals surface area (Å²) in [5, 5.41) is 16.0. The molecule has 5 nitrogen and oxygen atoms in total. The molecule has 1 aliphatic rings. The molecular weight excluding hydrogens is 546 g/mol. The fourth-order valence-electron chi connectivity index (χ4n) is 7.05. The van der Waals surface area contributed by atoms with E-state index in [1.54, 1.807) is 0 Å². The highest BCUT2D eigenvalue weighted by atomic mass is 16.5. The van der Waals surface area contributed by atoms with E-state index in [1.165, 1.54) is 44.1 Å². The Balaban J connectivity index is 0. The summed E-state index contributed by atoms with van der Waals surface area (Å²) in [6.07, 6.45) is 14.5. The van der Waals surface area contributed by atoms with Gasteiger partial charge in [0.1, 0.15) is 12.9 Å². The third-order valence-electron chi connectivity index (χ3n) is 10.6. The van der Waals surface area contributed by atoms with Crippen LogP contribution in [-0.2, 0) is 9.53 Å². The summed E-state index contributed by atoms with van der Waals surface area (Å²) in [5.74, 6) is 2.29. The number of rotatable bonds is 16. The van der Waals surface area contributed by atoms with Gasteiger partial charge in [-0.05, 0) is 105 Å². The lowest BCUT2D eigenvalue weighted by molar-refractivity contribution is -0.0980. The first-order valence-corrected chi connectivity index (χ1v) is 16.9. The Labute approximate surface area is 273 Å². The quantitative estimate of drug-likeness (QED) is 0.181. The maximum Gasteiger partial charge on any atom is 0.155 e. The fourth-order valence-corrected chi connectivity index (χ4v) is 7.05. The van der Waals surface area contributed by atoms with Crippen molar-refractivity contribution >= 4 is 6.79 Å². The Hall–Kier alpha value is -2.03. The minimum atomic E-state index is -0.0119. The molecule has 0 saturated heterocycles. The molecule has 0 radical (unpaired) electrons. The van der Waals surface area contributed by atoms with E-state index in [9.17, 15) is 0 Å². The summed E-state index contributed by atoms with van der Waals surface area (Å²) in [4.78, 5) is 10.3. The number of hydrogen-bond donors (Lipinski definition) is 2. The third-order valence-corrected chi connectivity index (χ3v) is 10.6. The van der Waals surface area contributed by atoms with Crippen molar-refractivity contribution in [3.8, 4) is 12.2 Å². The summed E-state index contributed by atoms with van der Waals surface area (Å²) in [7, 11) is 5.27. The van der Waals surface area contributed by atoms with Gasteiger partial charge in [0.2, 0.25) is 0 Å². The monoisotopic (exact) mass is 618 g/mol. The molecule has 1 fully saturated rings. The zero-order valence-corrected chi connectivity index (χ0v) is 31.0. The molecule has 5 heteroatoms. The highest BCUT2D eigenvalue weighted by Crippen LogP contribution is 2.63. The first-order chi connectivity index (χ1) is 20.7. The average molecular weight is 618 g/mol. The van der Waals surface area contributed by atoms with Crippen LogP contribution in [0.1, 0.15) is 132 Å². The molecule has 256 valence electrons. The molecule has 2 rings (SSSR count). The molecule has 0 spiro atoms. The normalized spacial score (nSPS) is 16.9. The maximum absolute atomic E-state index is 8.97. The number of aliphatic hydroxyl groups excluding tert-OH is 2. The summed E-state index contributed by atoms with van der Waals surface area (Å²) in [6, 6.07) is 11.0. The van der Waals surface area contributed by atoms with Gasteiger partial charge in [-0.25, -0.2) is 0 Å². The Kier molecular flexibility index (Phi) is 22.5. The van der Waals surface area contributed by atoms with E-state index in [2.05, 4.69) is 125 Å². The summed E-state index contributed by atoms with van der Waals surface area (Å²) < 4.78 is 5.71. The lowest BCUT2D eigenvalue weighted by Gasteiger charge is -2.53. The third kappa shape index (κ3) is 14.4. The number of ether oxygens (including phenoxy) is 1. The number of aliphatic hydroxyl groups is 2. The first-order valence-electron chi connectivity index (χ1n) is 16.9. The SMILES string of the molecule is C=O.CC(OC#CO)C(CCN(C)C)CC(C)(C)C(C)(C(C)CC(C)(C)C(C)c1ccccc1)C1CC1.CCCCC.CO. The smallest absolute Gasteiger partial charge is 0.155 e. The van der Waals surface area contributed by atoms with E-state index in [4.69, 9.17) is 19.7 Å². The van der Waals surface area contributed by atoms with Crippen molar-refractivity contribution in [1.29, 1.82) is 0 Å². The van der Waals surface area contributed by atoms with Gasteiger partial charge in [-0.1, -0.05) is 112 Å². The Morgan fingerprint density at radius 1 is 0.955 bits per heavy atom. The van der Waals surface area contributed by atoms with Crippen molar-refractivity contribution in [2.75, 3.05) is 27.7 Å². The van der Waals surface area contributed by atoms with Gasteiger partial charge in [0.15, 0.2) is 12.2 Å². The zero-order valence-electron chi connectivity index (χ0n) is 31.0. The maximum atomic E-state index is 8.97. The van der Waals surface area contributed by atoms with Crippen molar-refractivity contribution < 1.29 is 19.7 Å². The van der Waals surface area contributed by atoms with Crippen LogP contribution < -0.4 is 0 Å². The van der Waals surface area contributed by atoms with Crippen LogP contribution in [0, 0.1) is 46.2 Å². The van der Waals surface area contributed by atoms with Gasteiger partial charge >= 0.3 is 0 Å². The number of carbonyl (C=O) groups is 1. The molecule has 2 N–H and O–H groups in total. The average Bonchev–Trinajstić information content (AvgIpc) is 3.86. The van der Waals surface area contributed by atoms with Crippen molar-refractivity contribution in [2.24, 2.45) is 34.0 Å². The van der Waals surface area contributed by atoms with Gasteiger partial charge in [-0.2, -0.15) is 0 Å². The minimum absolute atomic E-state index is 0.0119. The van der Waals surface area contributed by atoms with Crippen molar-refractivity contribution in [3.63, 3.8) is 0 Å². The minimum Gasteiger partial charge on any atom is -0.460 e. The standard InChI is InChI=1S/C32H53NO2.C5H12.CH4O.CH2O/c1-24(22-30(4,5)25(2)27-14-12-11-13-15-27)32(8,29-16-17-29)31(6,7)23-28(18-19-33(9)10)26(3)35-21-20-34;1-3-5-4-2;2*1-2/h11-15,24-26,28-29,34H,16-19,22-23H2,1-10H3;3-5H2,1-2H3;2H,1H3;1H2. The van der Waals surface area contributed by atoms with E-state index < -0.39 is 0 Å². The van der Waals surface area contributed by atoms with Crippen LogP contribution in [0.25, 0.3) is 0 Å². The second-order valence-electron chi connectivity index (χ2n) is 14.6. The largest absolute Gasteiger partial charge is 0.460 e. The predicted octanol–water partition coefficient (Wildman–Crippen LogP) is 9.56. The Bertz CT molecular complexity index is 898. The highest BCUT2D eigenvalue weighted by Gasteiger charge is 2.55. The second-order valence-corrected chi connectivity index (χ2v) is 14.6. The number of nitrogens with zero attached hydrogens (tertiary/aromatic N) is 1. The van der Waals surface area contributed by atoms with Crippen LogP contribution in [0.4, 0.5) is 0 Å². The molecule has 0 bridgehead atoms. The van der Waals surface area contributed by atoms with Crippen LogP contribution >= 0.6 is 0 Å². The Morgan fingerprint density at radius 2 is 1.48 bits per heavy atom. The van der Waals surface area contributed by atoms with Gasteiger partial charge in [-0.15, -0.1) is 0 Å². The topological polar surface area (TPSA) is 70.0 Å². The molecule has 0 aliphatic heterocycles. The molecular formula is C39H71NO4. The molecule has 1 aromatic rings. The molecule has 5 atom stereocenters. The molecule has 0 aromatic heterocycles. The Morgan fingerprint density at radius 3 is 1.89 bits per heavy atom. The molecule has 1 aromatic carbocycles. The van der Waals surface area contributed by atoms with Crippen LogP contribution in [0.15, 0.2) is 30.3 Å². The van der Waals surface area contributed by atoms with Gasteiger partial charge in [0, 0.05) is 7.11 Å². The van der Waals surface area contributed by atoms with Crippen LogP contribution in [0.3, 0.4) is 0 Å². The number of hydrogen-bond acceptors (Lipinski definition) is 5. The van der Waals surface area contributed by atoms with E-state index in [0.717, 1.165) is 32.4 Å². The van der Waals surface area contributed by atoms with Gasteiger partial charge in [-0.3, -0.25) is 0 Å². The van der Waals surface area contributed by atoms with Crippen LogP contribution in [-0.4, -0.2) is 55.8 Å². The lowest BCUT2D eigenvalue weighted by atomic mass is 9.52. The summed E-state index contributed by atoms with van der Waals surface area (Å²) in [5.41, 5.74) is 2.06. The van der Waals surface area contributed by atoms with Crippen LogP contribution in [0.5, 0.6) is 0 Å². The molecule has 5 unspecified atom stereocenters. The van der Waals surface area contributed by atoms with Crippen molar-refractivity contribution in [3.05, 3.63) is 35.9 Å². The summed E-state index contributed by atoms with van der Waals surface area (Å²) >= 11 is 0. The number of benzene rings is 1. The molecule has 0 amide bonds. The highest BCUT2D eigenvalue weighted by molar-refractivity contribution is 5.21. The van der Waals surface area contributed by atoms with Gasteiger partial charge in [0.25, 0.3) is 0 Å². The molecule has 44 heavy (non-hydrogen) atoms. The zero-order chi connectivity index (χ0) is 34.6. The number of carbonyl (C=O) groups excluding carboxylic acids is 1. The van der Waals surface area contributed by atoms with E-state index in [1.807, 2.05) is 12.9 Å². The predicted molar refractivity (Wildman–Crippen MR) is 189 cm³/mol. The van der Waals surface area contributed by atoms with Gasteiger partial charge in [0.05, 0.1) is 0 Å². The summed E-state index contributed by atoms with van der Waals surface area (Å²) in [6.45, 7) is 27.0. The van der Waals surface area contributed by atoms with E-state index >= 15 is 0 Å². The van der Waals surface area contributed by atoms with Crippen molar-refractivity contribution in [1.82, 2.24) is 4.90 Å².